The van der Waals surface area contributed by atoms with Crippen LogP contribution in [-0.2, 0) is 4.79 Å². The van der Waals surface area contributed by atoms with Gasteiger partial charge in [0.1, 0.15) is 11.3 Å². The molecule has 19 heavy (non-hydrogen) atoms. The lowest BCUT2D eigenvalue weighted by molar-refractivity contribution is -0.121. The molecule has 4 N–H and O–H groups in total. The molecule has 1 heterocycles. The second kappa shape index (κ2) is 5.27. The van der Waals surface area contributed by atoms with Gasteiger partial charge < -0.3 is 20.8 Å². The summed E-state index contributed by atoms with van der Waals surface area (Å²) < 4.78 is 0. The highest BCUT2D eigenvalue weighted by atomic mass is 16.4. The SMILES string of the molecule is CC(C(=O)Nc1ccc(C(=O)O)c(O)c1)C1CNC1. The van der Waals surface area contributed by atoms with Crippen LogP contribution >= 0.6 is 0 Å². The topological polar surface area (TPSA) is 98.7 Å². The van der Waals surface area contributed by atoms with E-state index in [1.54, 1.807) is 0 Å². The average molecular weight is 264 g/mol. The Morgan fingerprint density at radius 1 is 1.42 bits per heavy atom. The first kappa shape index (κ1) is 13.4. The fraction of sp³-hybridized carbons (Fsp3) is 0.385. The Labute approximate surface area is 110 Å². The van der Waals surface area contributed by atoms with Crippen molar-refractivity contribution < 1.29 is 19.8 Å². The van der Waals surface area contributed by atoms with Crippen molar-refractivity contribution >= 4 is 17.6 Å². The molecule has 0 aromatic heterocycles. The Balaban J connectivity index is 2.04. The molecule has 2 rings (SSSR count). The van der Waals surface area contributed by atoms with E-state index in [0.717, 1.165) is 13.1 Å². The maximum atomic E-state index is 11.9. The van der Waals surface area contributed by atoms with Crippen molar-refractivity contribution in [1.82, 2.24) is 5.32 Å². The van der Waals surface area contributed by atoms with Crippen LogP contribution in [0, 0.1) is 11.8 Å². The van der Waals surface area contributed by atoms with Crippen LogP contribution in [0.3, 0.4) is 0 Å². The summed E-state index contributed by atoms with van der Waals surface area (Å²) in [5, 5.41) is 24.1. The van der Waals surface area contributed by atoms with E-state index in [4.69, 9.17) is 5.11 Å². The Bertz CT molecular complexity index is 511. The molecule has 0 bridgehead atoms. The van der Waals surface area contributed by atoms with Gasteiger partial charge in [0.15, 0.2) is 0 Å². The summed E-state index contributed by atoms with van der Waals surface area (Å²) in [6.07, 6.45) is 0. The number of nitrogens with one attached hydrogen (secondary N) is 2. The highest BCUT2D eigenvalue weighted by molar-refractivity contribution is 5.95. The molecule has 6 heteroatoms. The Morgan fingerprint density at radius 3 is 2.58 bits per heavy atom. The van der Waals surface area contributed by atoms with Crippen molar-refractivity contribution in [1.29, 1.82) is 0 Å². The Kier molecular flexibility index (Phi) is 3.71. The largest absolute Gasteiger partial charge is 0.507 e. The van der Waals surface area contributed by atoms with Gasteiger partial charge in [-0.1, -0.05) is 6.92 Å². The minimum atomic E-state index is -1.20. The molecule has 1 aromatic carbocycles. The molecule has 1 fully saturated rings. The zero-order chi connectivity index (χ0) is 14.0. The number of carboxylic acid groups (broad SMARTS) is 1. The molecule has 1 aliphatic rings. The average Bonchev–Trinajstić information content (AvgIpc) is 2.25. The number of hydrogen-bond donors (Lipinski definition) is 4. The molecule has 1 aliphatic heterocycles. The van der Waals surface area contributed by atoms with Crippen LogP contribution < -0.4 is 10.6 Å². The molecular formula is C13H16N2O4. The number of hydrogen-bond acceptors (Lipinski definition) is 4. The maximum Gasteiger partial charge on any atom is 0.339 e. The van der Waals surface area contributed by atoms with E-state index in [0.29, 0.717) is 11.6 Å². The van der Waals surface area contributed by atoms with Crippen molar-refractivity contribution in [3.05, 3.63) is 23.8 Å². The van der Waals surface area contributed by atoms with E-state index in [2.05, 4.69) is 10.6 Å². The zero-order valence-electron chi connectivity index (χ0n) is 10.5. The molecule has 1 saturated heterocycles. The summed E-state index contributed by atoms with van der Waals surface area (Å²) in [6, 6.07) is 3.97. The quantitative estimate of drug-likeness (QED) is 0.647. The second-order valence-corrected chi connectivity index (χ2v) is 4.73. The summed E-state index contributed by atoms with van der Waals surface area (Å²) in [5.74, 6) is -1.49. The van der Waals surface area contributed by atoms with Crippen LogP contribution in [-0.4, -0.2) is 35.2 Å². The number of amides is 1. The molecule has 6 nitrogen and oxygen atoms in total. The van der Waals surface area contributed by atoms with Crippen LogP contribution in [0.1, 0.15) is 17.3 Å². The fourth-order valence-corrected chi connectivity index (χ4v) is 1.92. The summed E-state index contributed by atoms with van der Waals surface area (Å²) >= 11 is 0. The van der Waals surface area contributed by atoms with Crippen molar-refractivity contribution in [2.75, 3.05) is 18.4 Å². The van der Waals surface area contributed by atoms with Crippen molar-refractivity contribution in [3.63, 3.8) is 0 Å². The van der Waals surface area contributed by atoms with Crippen molar-refractivity contribution in [3.8, 4) is 5.75 Å². The number of carbonyl (C=O) groups excluding carboxylic acids is 1. The third-order valence-corrected chi connectivity index (χ3v) is 3.43. The lowest BCUT2D eigenvalue weighted by Crippen LogP contribution is -2.48. The van der Waals surface area contributed by atoms with Gasteiger partial charge in [0, 0.05) is 17.7 Å². The normalized spacial score (nSPS) is 16.5. The Morgan fingerprint density at radius 2 is 2.11 bits per heavy atom. The number of phenols is 1. The van der Waals surface area contributed by atoms with Crippen LogP contribution in [0.25, 0.3) is 0 Å². The summed E-state index contributed by atoms with van der Waals surface area (Å²) in [6.45, 7) is 3.52. The van der Waals surface area contributed by atoms with E-state index in [1.165, 1.54) is 18.2 Å². The number of anilines is 1. The second-order valence-electron chi connectivity index (χ2n) is 4.73. The highest BCUT2D eigenvalue weighted by Gasteiger charge is 2.28. The summed E-state index contributed by atoms with van der Waals surface area (Å²) in [4.78, 5) is 22.7. The first-order chi connectivity index (χ1) is 8.99. The molecular weight excluding hydrogens is 248 g/mol. The predicted octanol–water partition coefficient (Wildman–Crippen LogP) is 0.884. The standard InChI is InChI=1S/C13H16N2O4/c1-7(8-5-14-6-8)12(17)15-9-2-3-10(13(18)19)11(16)4-9/h2-4,7-8,14,16H,5-6H2,1H3,(H,15,17)(H,18,19). The van der Waals surface area contributed by atoms with Crippen molar-refractivity contribution in [2.45, 2.75) is 6.92 Å². The van der Waals surface area contributed by atoms with Gasteiger partial charge in [0.2, 0.25) is 5.91 Å². The number of aromatic carboxylic acids is 1. The van der Waals surface area contributed by atoms with E-state index in [-0.39, 0.29) is 23.1 Å². The third kappa shape index (κ3) is 2.85. The van der Waals surface area contributed by atoms with Gasteiger partial charge in [-0.05, 0) is 31.1 Å². The summed E-state index contributed by atoms with van der Waals surface area (Å²) in [5.41, 5.74) is 0.209. The number of benzene rings is 1. The van der Waals surface area contributed by atoms with Crippen LogP contribution in [0.5, 0.6) is 5.75 Å². The maximum absolute atomic E-state index is 11.9. The molecule has 1 atom stereocenters. The van der Waals surface area contributed by atoms with Crippen LogP contribution in [0.15, 0.2) is 18.2 Å². The zero-order valence-corrected chi connectivity index (χ0v) is 10.5. The van der Waals surface area contributed by atoms with Gasteiger partial charge in [0.25, 0.3) is 0 Å². The molecule has 1 unspecified atom stereocenters. The molecule has 0 saturated carbocycles. The fourth-order valence-electron chi connectivity index (χ4n) is 1.92. The van der Waals surface area contributed by atoms with Gasteiger partial charge in [-0.2, -0.15) is 0 Å². The van der Waals surface area contributed by atoms with Crippen LogP contribution in [0.4, 0.5) is 5.69 Å². The van der Waals surface area contributed by atoms with Gasteiger partial charge in [-0.25, -0.2) is 4.79 Å². The van der Waals surface area contributed by atoms with E-state index >= 15 is 0 Å². The molecule has 0 spiro atoms. The first-order valence-corrected chi connectivity index (χ1v) is 6.07. The molecule has 0 aliphatic carbocycles. The minimum Gasteiger partial charge on any atom is -0.507 e. The molecule has 0 radical (unpaired) electrons. The molecule has 1 aromatic rings. The van der Waals surface area contributed by atoms with Gasteiger partial charge in [0.05, 0.1) is 0 Å². The first-order valence-electron chi connectivity index (χ1n) is 6.07. The lowest BCUT2D eigenvalue weighted by Gasteiger charge is -2.31. The van der Waals surface area contributed by atoms with E-state index in [9.17, 15) is 14.7 Å². The third-order valence-electron chi connectivity index (χ3n) is 3.43. The lowest BCUT2D eigenvalue weighted by atomic mass is 9.88. The van der Waals surface area contributed by atoms with Gasteiger partial charge in [-0.15, -0.1) is 0 Å². The smallest absolute Gasteiger partial charge is 0.339 e. The van der Waals surface area contributed by atoms with E-state index < -0.39 is 5.97 Å². The molecule has 102 valence electrons. The van der Waals surface area contributed by atoms with Crippen molar-refractivity contribution in [2.24, 2.45) is 11.8 Å². The van der Waals surface area contributed by atoms with E-state index in [1.807, 2.05) is 6.92 Å². The number of aromatic hydroxyl groups is 1. The minimum absolute atomic E-state index is 0.123. The Hall–Kier alpha value is -2.08. The number of rotatable bonds is 4. The highest BCUT2D eigenvalue weighted by Crippen LogP contribution is 2.23. The monoisotopic (exact) mass is 264 g/mol. The predicted molar refractivity (Wildman–Crippen MR) is 69.2 cm³/mol. The van der Waals surface area contributed by atoms with Crippen LogP contribution in [0.2, 0.25) is 0 Å². The summed E-state index contributed by atoms with van der Waals surface area (Å²) in [7, 11) is 0. The molecule has 1 amide bonds. The van der Waals surface area contributed by atoms with Gasteiger partial charge in [-0.3, -0.25) is 4.79 Å². The van der Waals surface area contributed by atoms with Gasteiger partial charge >= 0.3 is 5.97 Å². The number of carboxylic acids is 1. The number of carbonyl (C=O) groups is 2.